The van der Waals surface area contributed by atoms with Gasteiger partial charge in [0, 0.05) is 4.88 Å². The largest absolute Gasteiger partial charge is 0.148 e. The van der Waals surface area contributed by atoms with E-state index >= 15 is 0 Å². The van der Waals surface area contributed by atoms with Crippen molar-refractivity contribution in [2.45, 2.75) is 92.9 Å². The molecule has 1 heteroatoms. The van der Waals surface area contributed by atoms with Crippen LogP contribution in [0.15, 0.2) is 11.4 Å². The molecule has 0 fully saturated rings. The summed E-state index contributed by atoms with van der Waals surface area (Å²) >= 11 is 1.95. The molecule has 0 radical (unpaired) electrons. The van der Waals surface area contributed by atoms with E-state index in [1.165, 1.54) is 12.8 Å². The third kappa shape index (κ3) is 5.43. The van der Waals surface area contributed by atoms with E-state index in [0.29, 0.717) is 10.8 Å². The van der Waals surface area contributed by atoms with Gasteiger partial charge in [-0.25, -0.2) is 0 Å². The van der Waals surface area contributed by atoms with Crippen LogP contribution in [0, 0.1) is 10.8 Å². The molecule has 0 spiro atoms. The molecule has 0 unspecified atom stereocenters. The Hall–Kier alpha value is -0.300. The van der Waals surface area contributed by atoms with E-state index in [1.807, 2.05) is 11.3 Å². The number of hydrogen-bond acceptors (Lipinski definition) is 1. The fourth-order valence-electron chi connectivity index (χ4n) is 4.19. The standard InChI is InChI=1S/C20H36S/c1-17(2,3)13-19(7,8)15-11-12-21-16(15)20(9,10)14-18(4,5)6/h11-12H,13-14H2,1-10H3. The Labute approximate surface area is 137 Å². The fourth-order valence-corrected chi connectivity index (χ4v) is 5.40. The Morgan fingerprint density at radius 1 is 0.714 bits per heavy atom. The third-order valence-electron chi connectivity index (χ3n) is 3.95. The molecule has 0 atom stereocenters. The van der Waals surface area contributed by atoms with Gasteiger partial charge < -0.3 is 0 Å². The summed E-state index contributed by atoms with van der Waals surface area (Å²) in [5.41, 5.74) is 2.77. The SMILES string of the molecule is CC(C)(C)CC(C)(C)c1ccsc1C(C)(C)CC(C)(C)C. The van der Waals surface area contributed by atoms with E-state index in [9.17, 15) is 0 Å². The second-order valence-electron chi connectivity index (χ2n) is 10.4. The normalized spacial score (nSPS) is 14.6. The average Bonchev–Trinajstić information content (AvgIpc) is 2.57. The molecule has 0 nitrogen and oxygen atoms in total. The van der Waals surface area contributed by atoms with Gasteiger partial charge in [-0.3, -0.25) is 0 Å². The monoisotopic (exact) mass is 308 g/mol. The number of thiophene rings is 1. The second-order valence-corrected chi connectivity index (χ2v) is 11.3. The Morgan fingerprint density at radius 2 is 1.14 bits per heavy atom. The lowest BCUT2D eigenvalue weighted by Crippen LogP contribution is -2.30. The zero-order valence-corrected chi connectivity index (χ0v) is 16.8. The van der Waals surface area contributed by atoms with E-state index in [0.717, 1.165) is 0 Å². The van der Waals surface area contributed by atoms with E-state index in [1.54, 1.807) is 10.4 Å². The molecule has 0 aliphatic rings. The minimum atomic E-state index is 0.239. The molecular weight excluding hydrogens is 272 g/mol. The van der Waals surface area contributed by atoms with Crippen molar-refractivity contribution in [1.29, 1.82) is 0 Å². The molecule has 0 aliphatic carbocycles. The van der Waals surface area contributed by atoms with Crippen LogP contribution < -0.4 is 0 Å². The first-order valence-electron chi connectivity index (χ1n) is 8.23. The molecule has 122 valence electrons. The van der Waals surface area contributed by atoms with Crippen LogP contribution in [0.2, 0.25) is 0 Å². The van der Waals surface area contributed by atoms with Gasteiger partial charge in [-0.2, -0.15) is 0 Å². The van der Waals surface area contributed by atoms with Gasteiger partial charge in [0.05, 0.1) is 0 Å². The lowest BCUT2D eigenvalue weighted by Gasteiger charge is -2.38. The van der Waals surface area contributed by atoms with Gasteiger partial charge in [-0.15, -0.1) is 11.3 Å². The van der Waals surface area contributed by atoms with Crippen molar-refractivity contribution in [2.24, 2.45) is 10.8 Å². The van der Waals surface area contributed by atoms with Gasteiger partial charge in [0.15, 0.2) is 0 Å². The summed E-state index contributed by atoms with van der Waals surface area (Å²) in [6, 6.07) is 2.37. The van der Waals surface area contributed by atoms with E-state index in [-0.39, 0.29) is 10.8 Å². The second kappa shape index (κ2) is 5.72. The topological polar surface area (TPSA) is 0 Å². The summed E-state index contributed by atoms with van der Waals surface area (Å²) in [6.07, 6.45) is 2.44. The van der Waals surface area contributed by atoms with Crippen LogP contribution in [-0.2, 0) is 10.8 Å². The van der Waals surface area contributed by atoms with Gasteiger partial charge in [-0.05, 0) is 51.5 Å². The molecule has 1 aromatic heterocycles. The maximum Gasteiger partial charge on any atom is 0.0139 e. The first kappa shape index (κ1) is 18.7. The first-order chi connectivity index (χ1) is 9.14. The molecule has 0 amide bonds. The highest BCUT2D eigenvalue weighted by Crippen LogP contribution is 2.46. The Balaban J connectivity index is 3.17. The van der Waals surface area contributed by atoms with Crippen molar-refractivity contribution in [3.05, 3.63) is 21.9 Å². The quantitative estimate of drug-likeness (QED) is 0.552. The molecule has 0 saturated heterocycles. The fraction of sp³-hybridized carbons (Fsp3) is 0.800. The van der Waals surface area contributed by atoms with Gasteiger partial charge in [-0.1, -0.05) is 69.2 Å². The Kier molecular flexibility index (Phi) is 5.11. The van der Waals surface area contributed by atoms with Gasteiger partial charge in [0.25, 0.3) is 0 Å². The van der Waals surface area contributed by atoms with Gasteiger partial charge in [0.2, 0.25) is 0 Å². The predicted octanol–water partition coefficient (Wildman–Crippen LogP) is 7.18. The summed E-state index contributed by atoms with van der Waals surface area (Å²) in [5, 5.41) is 2.29. The highest BCUT2D eigenvalue weighted by molar-refractivity contribution is 7.10. The summed E-state index contributed by atoms with van der Waals surface area (Å²) in [7, 11) is 0. The number of hydrogen-bond donors (Lipinski definition) is 0. The molecule has 1 rings (SSSR count). The van der Waals surface area contributed by atoms with E-state index in [4.69, 9.17) is 0 Å². The van der Waals surface area contributed by atoms with Crippen molar-refractivity contribution in [3.63, 3.8) is 0 Å². The van der Waals surface area contributed by atoms with Crippen LogP contribution in [-0.4, -0.2) is 0 Å². The minimum absolute atomic E-state index is 0.239. The molecule has 0 bridgehead atoms. The van der Waals surface area contributed by atoms with E-state index in [2.05, 4.69) is 80.7 Å². The molecule has 0 saturated carbocycles. The smallest absolute Gasteiger partial charge is 0.0139 e. The van der Waals surface area contributed by atoms with E-state index < -0.39 is 0 Å². The minimum Gasteiger partial charge on any atom is -0.148 e. The van der Waals surface area contributed by atoms with Gasteiger partial charge >= 0.3 is 0 Å². The Bertz CT molecular complexity index is 418. The summed E-state index contributed by atoms with van der Waals surface area (Å²) in [5.74, 6) is 0. The van der Waals surface area contributed by atoms with Crippen molar-refractivity contribution in [2.75, 3.05) is 0 Å². The number of rotatable bonds is 4. The van der Waals surface area contributed by atoms with Crippen LogP contribution >= 0.6 is 11.3 Å². The highest BCUT2D eigenvalue weighted by atomic mass is 32.1. The average molecular weight is 309 g/mol. The van der Waals surface area contributed by atoms with Crippen LogP contribution in [0.5, 0.6) is 0 Å². The maximum absolute atomic E-state index is 2.42. The molecule has 0 aromatic carbocycles. The highest BCUT2D eigenvalue weighted by Gasteiger charge is 2.36. The summed E-state index contributed by atoms with van der Waals surface area (Å²) < 4.78 is 0. The molecule has 21 heavy (non-hydrogen) atoms. The lowest BCUT2D eigenvalue weighted by atomic mass is 9.68. The molecule has 0 aliphatic heterocycles. The molecule has 1 heterocycles. The van der Waals surface area contributed by atoms with Crippen LogP contribution in [0.4, 0.5) is 0 Å². The van der Waals surface area contributed by atoms with Crippen molar-refractivity contribution in [3.8, 4) is 0 Å². The van der Waals surface area contributed by atoms with Gasteiger partial charge in [0.1, 0.15) is 0 Å². The van der Waals surface area contributed by atoms with Crippen molar-refractivity contribution < 1.29 is 0 Å². The zero-order chi connectivity index (χ0) is 16.7. The van der Waals surface area contributed by atoms with Crippen molar-refractivity contribution in [1.82, 2.24) is 0 Å². The van der Waals surface area contributed by atoms with Crippen LogP contribution in [0.25, 0.3) is 0 Å². The van der Waals surface area contributed by atoms with Crippen LogP contribution in [0.1, 0.15) is 92.5 Å². The van der Waals surface area contributed by atoms with Crippen molar-refractivity contribution >= 4 is 11.3 Å². The third-order valence-corrected chi connectivity index (χ3v) is 5.23. The lowest BCUT2D eigenvalue weighted by molar-refractivity contribution is 0.267. The maximum atomic E-state index is 2.42. The predicted molar refractivity (Wildman–Crippen MR) is 98.5 cm³/mol. The Morgan fingerprint density at radius 3 is 1.57 bits per heavy atom. The summed E-state index contributed by atoms with van der Waals surface area (Å²) in [4.78, 5) is 1.59. The zero-order valence-electron chi connectivity index (χ0n) is 16.0. The summed E-state index contributed by atoms with van der Waals surface area (Å²) in [6.45, 7) is 23.8. The molecule has 0 N–H and O–H groups in total. The van der Waals surface area contributed by atoms with Crippen LogP contribution in [0.3, 0.4) is 0 Å². The first-order valence-corrected chi connectivity index (χ1v) is 9.11. The molecule has 1 aromatic rings. The molecular formula is C20H36S.